The number of hydrogen-bond donors (Lipinski definition) is 4. The van der Waals surface area contributed by atoms with Gasteiger partial charge in [0.05, 0.1) is 0 Å². The number of phenols is 3. The summed E-state index contributed by atoms with van der Waals surface area (Å²) in [4.78, 5) is 0. The first-order chi connectivity index (χ1) is 8.06. The fraction of sp³-hybridized carbons (Fsp3) is 0.538. The molecule has 0 amide bonds. The fourth-order valence-electron chi connectivity index (χ4n) is 1.65. The lowest BCUT2D eigenvalue weighted by Gasteiger charge is -2.14. The normalized spacial score (nSPS) is 12.6. The van der Waals surface area contributed by atoms with Gasteiger partial charge in [0, 0.05) is 18.2 Å². The highest BCUT2D eigenvalue weighted by molar-refractivity contribution is 5.52. The van der Waals surface area contributed by atoms with Crippen molar-refractivity contribution in [3.63, 3.8) is 0 Å². The predicted molar refractivity (Wildman–Crippen MR) is 67.3 cm³/mol. The van der Waals surface area contributed by atoms with Crippen LogP contribution < -0.4 is 5.32 Å². The Morgan fingerprint density at radius 3 is 2.53 bits per heavy atom. The number of rotatable bonds is 6. The van der Waals surface area contributed by atoms with Gasteiger partial charge in [-0.3, -0.25) is 0 Å². The van der Waals surface area contributed by atoms with Gasteiger partial charge in [-0.05, 0) is 19.4 Å². The van der Waals surface area contributed by atoms with Crippen molar-refractivity contribution in [3.8, 4) is 17.2 Å². The number of unbranched alkanes of at least 4 members (excludes halogenated alkanes) is 1. The predicted octanol–water partition coefficient (Wildman–Crippen LogP) is 2.47. The molecule has 0 spiro atoms. The van der Waals surface area contributed by atoms with Crippen LogP contribution in [0, 0.1) is 0 Å². The molecule has 0 aliphatic heterocycles. The topological polar surface area (TPSA) is 72.7 Å². The monoisotopic (exact) mass is 239 g/mol. The van der Waals surface area contributed by atoms with Crippen molar-refractivity contribution in [2.75, 3.05) is 0 Å². The van der Waals surface area contributed by atoms with Crippen LogP contribution in [-0.4, -0.2) is 21.4 Å². The first kappa shape index (κ1) is 13.6. The van der Waals surface area contributed by atoms with Gasteiger partial charge in [-0.15, -0.1) is 0 Å². The zero-order valence-electron chi connectivity index (χ0n) is 10.4. The van der Waals surface area contributed by atoms with E-state index in [0.29, 0.717) is 18.2 Å². The second kappa shape index (κ2) is 6.35. The molecule has 0 saturated carbocycles. The highest BCUT2D eigenvalue weighted by Crippen LogP contribution is 2.36. The van der Waals surface area contributed by atoms with E-state index in [4.69, 9.17) is 0 Å². The molecule has 0 saturated heterocycles. The van der Waals surface area contributed by atoms with Crippen molar-refractivity contribution >= 4 is 0 Å². The fourth-order valence-corrected chi connectivity index (χ4v) is 1.65. The van der Waals surface area contributed by atoms with Gasteiger partial charge in [0.15, 0.2) is 11.5 Å². The van der Waals surface area contributed by atoms with Crippen LogP contribution in [0.15, 0.2) is 12.1 Å². The number of phenolic OH excluding ortho intramolecular Hbond substituents is 3. The molecule has 17 heavy (non-hydrogen) atoms. The highest BCUT2D eigenvalue weighted by atomic mass is 16.3. The van der Waals surface area contributed by atoms with Gasteiger partial charge in [-0.25, -0.2) is 0 Å². The van der Waals surface area contributed by atoms with Gasteiger partial charge in [-0.1, -0.05) is 25.8 Å². The molecule has 0 radical (unpaired) electrons. The summed E-state index contributed by atoms with van der Waals surface area (Å²) >= 11 is 0. The van der Waals surface area contributed by atoms with Gasteiger partial charge in [0.1, 0.15) is 0 Å². The third-order valence-electron chi connectivity index (χ3n) is 2.85. The van der Waals surface area contributed by atoms with Gasteiger partial charge >= 0.3 is 0 Å². The van der Waals surface area contributed by atoms with E-state index in [-0.39, 0.29) is 11.5 Å². The second-order valence-corrected chi connectivity index (χ2v) is 4.37. The molecule has 4 heteroatoms. The smallest absolute Gasteiger partial charge is 0.200 e. The van der Waals surface area contributed by atoms with Gasteiger partial charge < -0.3 is 20.6 Å². The summed E-state index contributed by atoms with van der Waals surface area (Å²) in [7, 11) is 0. The summed E-state index contributed by atoms with van der Waals surface area (Å²) in [5, 5.41) is 31.4. The van der Waals surface area contributed by atoms with Crippen LogP contribution in [0.3, 0.4) is 0 Å². The Labute approximate surface area is 102 Å². The van der Waals surface area contributed by atoms with E-state index in [0.717, 1.165) is 12.8 Å². The van der Waals surface area contributed by atoms with Crippen LogP contribution in [0.1, 0.15) is 38.7 Å². The van der Waals surface area contributed by atoms with Crippen molar-refractivity contribution in [2.45, 2.75) is 45.7 Å². The maximum Gasteiger partial charge on any atom is 0.200 e. The Morgan fingerprint density at radius 2 is 1.88 bits per heavy atom. The Morgan fingerprint density at radius 1 is 1.18 bits per heavy atom. The minimum absolute atomic E-state index is 0.250. The Balaban J connectivity index is 2.55. The van der Waals surface area contributed by atoms with Crippen molar-refractivity contribution < 1.29 is 15.3 Å². The molecular formula is C13H21NO3. The zero-order chi connectivity index (χ0) is 12.8. The molecule has 1 unspecified atom stereocenters. The van der Waals surface area contributed by atoms with Crippen LogP contribution in [0.2, 0.25) is 0 Å². The quantitative estimate of drug-likeness (QED) is 0.575. The Hall–Kier alpha value is -1.42. The van der Waals surface area contributed by atoms with Crippen molar-refractivity contribution in [1.82, 2.24) is 5.32 Å². The molecular weight excluding hydrogens is 218 g/mol. The largest absolute Gasteiger partial charge is 0.504 e. The lowest BCUT2D eigenvalue weighted by Crippen LogP contribution is -2.25. The third-order valence-corrected chi connectivity index (χ3v) is 2.85. The van der Waals surface area contributed by atoms with Crippen LogP contribution >= 0.6 is 0 Å². The van der Waals surface area contributed by atoms with Crippen LogP contribution in [0.5, 0.6) is 17.2 Å². The van der Waals surface area contributed by atoms with E-state index in [1.807, 2.05) is 0 Å². The summed E-state index contributed by atoms with van der Waals surface area (Å²) in [6, 6.07) is 3.34. The van der Waals surface area contributed by atoms with Gasteiger partial charge in [-0.2, -0.15) is 0 Å². The van der Waals surface area contributed by atoms with Crippen molar-refractivity contribution in [2.24, 2.45) is 0 Å². The molecule has 1 aromatic carbocycles. The molecule has 0 heterocycles. The summed E-state index contributed by atoms with van der Waals surface area (Å²) in [5.74, 6) is -1.00. The second-order valence-electron chi connectivity index (χ2n) is 4.37. The van der Waals surface area contributed by atoms with Crippen molar-refractivity contribution in [1.29, 1.82) is 0 Å². The van der Waals surface area contributed by atoms with Crippen LogP contribution in [-0.2, 0) is 6.54 Å². The van der Waals surface area contributed by atoms with Gasteiger partial charge in [0.25, 0.3) is 0 Å². The highest BCUT2D eigenvalue weighted by Gasteiger charge is 2.11. The SMILES string of the molecule is CCCCC(C)NCc1ccc(O)c(O)c1O. The molecule has 4 N–H and O–H groups in total. The van der Waals surface area contributed by atoms with E-state index in [9.17, 15) is 15.3 Å². The molecule has 0 aliphatic rings. The lowest BCUT2D eigenvalue weighted by molar-refractivity contribution is 0.363. The molecule has 0 aromatic heterocycles. The molecule has 0 aliphatic carbocycles. The molecule has 4 nitrogen and oxygen atoms in total. The summed E-state index contributed by atoms with van der Waals surface area (Å²) in [6.07, 6.45) is 3.42. The van der Waals surface area contributed by atoms with E-state index in [2.05, 4.69) is 19.2 Å². The average molecular weight is 239 g/mol. The molecule has 96 valence electrons. The van der Waals surface area contributed by atoms with Gasteiger partial charge in [0.2, 0.25) is 5.75 Å². The first-order valence-corrected chi connectivity index (χ1v) is 6.02. The van der Waals surface area contributed by atoms with E-state index in [1.165, 1.54) is 12.5 Å². The molecule has 1 atom stereocenters. The summed E-state index contributed by atoms with van der Waals surface area (Å²) in [5.41, 5.74) is 0.587. The standard InChI is InChI=1S/C13H21NO3/c1-3-4-5-9(2)14-8-10-6-7-11(15)13(17)12(10)16/h6-7,9,14-17H,3-5,8H2,1-2H3. The van der Waals surface area contributed by atoms with E-state index < -0.39 is 5.75 Å². The number of benzene rings is 1. The first-order valence-electron chi connectivity index (χ1n) is 6.02. The molecule has 1 aromatic rings. The van der Waals surface area contributed by atoms with Crippen molar-refractivity contribution in [3.05, 3.63) is 17.7 Å². The third kappa shape index (κ3) is 3.82. The zero-order valence-corrected chi connectivity index (χ0v) is 10.4. The number of hydrogen-bond acceptors (Lipinski definition) is 4. The summed E-state index contributed by atoms with van der Waals surface area (Å²) in [6.45, 7) is 4.72. The maximum atomic E-state index is 9.62. The van der Waals surface area contributed by atoms with Crippen LogP contribution in [0.25, 0.3) is 0 Å². The summed E-state index contributed by atoms with van der Waals surface area (Å²) < 4.78 is 0. The maximum absolute atomic E-state index is 9.62. The molecule has 0 fully saturated rings. The minimum atomic E-state index is -0.453. The Bertz CT molecular complexity index is 366. The van der Waals surface area contributed by atoms with E-state index >= 15 is 0 Å². The number of nitrogens with one attached hydrogen (secondary N) is 1. The van der Waals surface area contributed by atoms with E-state index in [1.54, 1.807) is 6.07 Å². The van der Waals surface area contributed by atoms with Crippen LogP contribution in [0.4, 0.5) is 0 Å². The minimum Gasteiger partial charge on any atom is -0.504 e. The molecule has 1 rings (SSSR count). The lowest BCUT2D eigenvalue weighted by atomic mass is 10.1. The average Bonchev–Trinajstić information content (AvgIpc) is 2.32. The number of aromatic hydroxyl groups is 3. The Kier molecular flexibility index (Phi) is 5.10. The molecule has 0 bridgehead atoms.